The maximum absolute atomic E-state index is 5.28. The van der Waals surface area contributed by atoms with E-state index in [-0.39, 0.29) is 5.41 Å². The predicted molar refractivity (Wildman–Crippen MR) is 47.8 cm³/mol. The predicted octanol–water partition coefficient (Wildman–Crippen LogP) is 2.02. The molecule has 0 fully saturated rings. The molecule has 0 aliphatic carbocycles. The number of allylic oxidation sites excluding steroid dienone is 2. The number of nitrogens with zero attached hydrogens (tertiary/aromatic N) is 1. The van der Waals surface area contributed by atoms with Crippen LogP contribution in [-0.2, 0) is 5.41 Å². The summed E-state index contributed by atoms with van der Waals surface area (Å²) >= 11 is 0. The maximum atomic E-state index is 5.28. The summed E-state index contributed by atoms with van der Waals surface area (Å²) in [4.78, 5) is 4.08. The van der Waals surface area contributed by atoms with Gasteiger partial charge in [-0.25, -0.2) is 0 Å². The van der Waals surface area contributed by atoms with Crippen LogP contribution in [0.2, 0.25) is 0 Å². The van der Waals surface area contributed by atoms with Crippen molar-refractivity contribution in [2.45, 2.75) is 5.41 Å². The number of aliphatic imine (C=N–C) groups is 1. The Morgan fingerprint density at radius 2 is 2.23 bits per heavy atom. The first-order valence-corrected chi connectivity index (χ1v) is 4.04. The SMILES string of the molecule is C1=CC2(C=COc3cocc32)C=N1. The van der Waals surface area contributed by atoms with Gasteiger partial charge in [0.05, 0.1) is 23.5 Å². The Bertz CT molecular complexity index is 414. The van der Waals surface area contributed by atoms with Crippen molar-refractivity contribution in [3.05, 3.63) is 42.7 Å². The van der Waals surface area contributed by atoms with Gasteiger partial charge in [-0.2, -0.15) is 0 Å². The summed E-state index contributed by atoms with van der Waals surface area (Å²) in [7, 11) is 0. The van der Waals surface area contributed by atoms with Crippen LogP contribution < -0.4 is 4.74 Å². The Balaban J connectivity index is 2.25. The van der Waals surface area contributed by atoms with E-state index in [0.717, 1.165) is 11.3 Å². The molecule has 0 aromatic carbocycles. The molecule has 2 aliphatic heterocycles. The monoisotopic (exact) mass is 173 g/mol. The van der Waals surface area contributed by atoms with E-state index in [2.05, 4.69) is 4.99 Å². The van der Waals surface area contributed by atoms with Crippen LogP contribution in [0.4, 0.5) is 0 Å². The Labute approximate surface area is 75.0 Å². The molecule has 0 radical (unpaired) electrons. The number of ether oxygens (including phenoxy) is 1. The number of hydrogen-bond donors (Lipinski definition) is 0. The van der Waals surface area contributed by atoms with Gasteiger partial charge in [0.25, 0.3) is 0 Å². The third kappa shape index (κ3) is 0.758. The summed E-state index contributed by atoms with van der Waals surface area (Å²) in [5, 5.41) is 0. The quantitative estimate of drug-likeness (QED) is 0.601. The van der Waals surface area contributed by atoms with Gasteiger partial charge in [-0.3, -0.25) is 4.99 Å². The van der Waals surface area contributed by atoms with Crippen molar-refractivity contribution in [2.24, 2.45) is 4.99 Å². The van der Waals surface area contributed by atoms with Gasteiger partial charge >= 0.3 is 0 Å². The normalized spacial score (nSPS) is 28.0. The van der Waals surface area contributed by atoms with Gasteiger partial charge in [-0.05, 0) is 12.2 Å². The van der Waals surface area contributed by atoms with Crippen LogP contribution in [0, 0.1) is 0 Å². The molecular weight excluding hydrogens is 166 g/mol. The smallest absolute Gasteiger partial charge is 0.169 e. The zero-order valence-electron chi connectivity index (χ0n) is 6.81. The number of furan rings is 1. The first-order chi connectivity index (χ1) is 6.41. The summed E-state index contributed by atoms with van der Waals surface area (Å²) in [6.45, 7) is 0. The van der Waals surface area contributed by atoms with E-state index in [1.165, 1.54) is 0 Å². The molecule has 3 rings (SSSR count). The molecular formula is C10H7NO2. The van der Waals surface area contributed by atoms with Crippen LogP contribution in [0.15, 0.2) is 46.5 Å². The molecule has 1 spiro atoms. The van der Waals surface area contributed by atoms with E-state index in [9.17, 15) is 0 Å². The molecule has 3 nitrogen and oxygen atoms in total. The summed E-state index contributed by atoms with van der Waals surface area (Å²) < 4.78 is 10.4. The second-order valence-corrected chi connectivity index (χ2v) is 3.10. The van der Waals surface area contributed by atoms with Crippen LogP contribution in [-0.4, -0.2) is 6.21 Å². The molecule has 1 unspecified atom stereocenters. The Morgan fingerprint density at radius 3 is 3.08 bits per heavy atom. The van der Waals surface area contributed by atoms with Crippen LogP contribution in [0.1, 0.15) is 5.56 Å². The minimum Gasteiger partial charge on any atom is -0.468 e. The lowest BCUT2D eigenvalue weighted by molar-refractivity contribution is 0.448. The molecule has 3 heterocycles. The van der Waals surface area contributed by atoms with Gasteiger partial charge in [0.1, 0.15) is 6.26 Å². The van der Waals surface area contributed by atoms with Gasteiger partial charge in [0, 0.05) is 12.4 Å². The van der Waals surface area contributed by atoms with E-state index in [4.69, 9.17) is 9.15 Å². The molecule has 64 valence electrons. The lowest BCUT2D eigenvalue weighted by Crippen LogP contribution is -2.23. The molecule has 0 bridgehead atoms. The van der Waals surface area contributed by atoms with Crippen LogP contribution in [0.25, 0.3) is 0 Å². The summed E-state index contributed by atoms with van der Waals surface area (Å²) in [6.07, 6.45) is 12.6. The van der Waals surface area contributed by atoms with Gasteiger partial charge in [0.2, 0.25) is 0 Å². The first-order valence-electron chi connectivity index (χ1n) is 4.04. The highest BCUT2D eigenvalue weighted by atomic mass is 16.5. The molecule has 1 atom stereocenters. The fourth-order valence-electron chi connectivity index (χ4n) is 1.64. The zero-order valence-corrected chi connectivity index (χ0v) is 6.81. The standard InChI is InChI=1S/C10H7NO2/c1-3-11-7-10(1)2-4-13-9-6-12-5-8(9)10/h1-7H. The Kier molecular flexibility index (Phi) is 1.10. The second kappa shape index (κ2) is 2.13. The summed E-state index contributed by atoms with van der Waals surface area (Å²) in [6, 6.07) is 0. The van der Waals surface area contributed by atoms with Gasteiger partial charge in [0.15, 0.2) is 5.75 Å². The van der Waals surface area contributed by atoms with Crippen molar-refractivity contribution >= 4 is 6.21 Å². The van der Waals surface area contributed by atoms with Crippen LogP contribution >= 0.6 is 0 Å². The molecule has 13 heavy (non-hydrogen) atoms. The second-order valence-electron chi connectivity index (χ2n) is 3.10. The number of rotatable bonds is 0. The highest BCUT2D eigenvalue weighted by Crippen LogP contribution is 2.39. The maximum Gasteiger partial charge on any atom is 0.169 e. The topological polar surface area (TPSA) is 34.7 Å². The van der Waals surface area contributed by atoms with Crippen molar-refractivity contribution in [3.8, 4) is 5.75 Å². The average Bonchev–Trinajstić information content (AvgIpc) is 2.74. The fraction of sp³-hybridized carbons (Fsp3) is 0.100. The lowest BCUT2D eigenvalue weighted by atomic mass is 9.83. The minimum atomic E-state index is -0.236. The zero-order chi connectivity index (χ0) is 8.73. The van der Waals surface area contributed by atoms with E-state index in [1.807, 2.05) is 18.4 Å². The van der Waals surface area contributed by atoms with E-state index in [1.54, 1.807) is 25.0 Å². The van der Waals surface area contributed by atoms with E-state index < -0.39 is 0 Å². The third-order valence-corrected chi connectivity index (χ3v) is 2.36. The highest BCUT2D eigenvalue weighted by Gasteiger charge is 2.34. The largest absolute Gasteiger partial charge is 0.468 e. The van der Waals surface area contributed by atoms with Crippen molar-refractivity contribution in [2.75, 3.05) is 0 Å². The molecule has 1 aromatic rings. The van der Waals surface area contributed by atoms with Crippen molar-refractivity contribution in [3.63, 3.8) is 0 Å². The van der Waals surface area contributed by atoms with E-state index >= 15 is 0 Å². The Morgan fingerprint density at radius 1 is 1.23 bits per heavy atom. The first kappa shape index (κ1) is 6.71. The number of hydrogen-bond acceptors (Lipinski definition) is 3. The van der Waals surface area contributed by atoms with Crippen molar-refractivity contribution in [1.82, 2.24) is 0 Å². The molecule has 1 aromatic heterocycles. The molecule has 0 amide bonds. The van der Waals surface area contributed by atoms with Crippen LogP contribution in [0.3, 0.4) is 0 Å². The van der Waals surface area contributed by atoms with Gasteiger partial charge in [-0.1, -0.05) is 0 Å². The number of fused-ring (bicyclic) bond motifs is 2. The minimum absolute atomic E-state index is 0.236. The Hall–Kier alpha value is -1.77. The van der Waals surface area contributed by atoms with E-state index in [0.29, 0.717) is 0 Å². The summed E-state index contributed by atoms with van der Waals surface area (Å²) in [5.41, 5.74) is 0.771. The molecule has 0 N–H and O–H groups in total. The lowest BCUT2D eigenvalue weighted by Gasteiger charge is -2.22. The highest BCUT2D eigenvalue weighted by molar-refractivity contribution is 5.84. The van der Waals surface area contributed by atoms with Crippen LogP contribution in [0.5, 0.6) is 5.75 Å². The molecule has 0 saturated carbocycles. The fourth-order valence-corrected chi connectivity index (χ4v) is 1.64. The molecule has 3 heteroatoms. The van der Waals surface area contributed by atoms with Gasteiger partial charge < -0.3 is 9.15 Å². The third-order valence-electron chi connectivity index (χ3n) is 2.36. The molecule has 0 saturated heterocycles. The van der Waals surface area contributed by atoms with Crippen molar-refractivity contribution < 1.29 is 9.15 Å². The van der Waals surface area contributed by atoms with Crippen molar-refractivity contribution in [1.29, 1.82) is 0 Å². The summed E-state index contributed by atoms with van der Waals surface area (Å²) in [5.74, 6) is 0.764. The average molecular weight is 173 g/mol. The molecule has 2 aliphatic rings. The van der Waals surface area contributed by atoms with Gasteiger partial charge in [-0.15, -0.1) is 0 Å².